The lowest BCUT2D eigenvalue weighted by atomic mass is 9.99. The van der Waals surface area contributed by atoms with E-state index in [-0.39, 0.29) is 11.6 Å². The highest BCUT2D eigenvalue weighted by atomic mass is 79.9. The molecule has 7 heteroatoms. The normalized spacial score (nSPS) is 19.6. The first-order valence-corrected chi connectivity index (χ1v) is 6.41. The van der Waals surface area contributed by atoms with Gasteiger partial charge in [0.25, 0.3) is 0 Å². The average molecular weight is 314 g/mol. The molecule has 0 N–H and O–H groups in total. The number of nitrogens with zero attached hydrogens (tertiary/aromatic N) is 3. The van der Waals surface area contributed by atoms with Gasteiger partial charge in [0.2, 0.25) is 0 Å². The largest absolute Gasteiger partial charge is 0.364 e. The van der Waals surface area contributed by atoms with Gasteiger partial charge >= 0.3 is 5.69 Å². The van der Waals surface area contributed by atoms with E-state index in [1.807, 2.05) is 4.90 Å². The van der Waals surface area contributed by atoms with Crippen molar-refractivity contribution >= 4 is 33.6 Å². The Hall–Kier alpha value is -1.50. The van der Waals surface area contributed by atoms with Crippen LogP contribution < -0.4 is 4.90 Å². The fraction of sp³-hybridized carbons (Fsp3) is 0.455. The Morgan fingerprint density at radius 1 is 1.56 bits per heavy atom. The quantitative estimate of drug-likeness (QED) is 0.485. The van der Waals surface area contributed by atoms with Crippen molar-refractivity contribution in [3.63, 3.8) is 0 Å². The second kappa shape index (κ2) is 5.43. The zero-order valence-electron chi connectivity index (χ0n) is 9.58. The fourth-order valence-electron chi connectivity index (χ4n) is 2.19. The minimum absolute atomic E-state index is 0.0316. The molecule has 1 aromatic rings. The first-order chi connectivity index (χ1) is 8.63. The Morgan fingerprint density at radius 2 is 2.33 bits per heavy atom. The van der Waals surface area contributed by atoms with Gasteiger partial charge in [0, 0.05) is 25.2 Å². The maximum Gasteiger partial charge on any atom is 0.311 e. The van der Waals surface area contributed by atoms with Crippen molar-refractivity contribution in [2.45, 2.75) is 12.8 Å². The van der Waals surface area contributed by atoms with Gasteiger partial charge in [0.15, 0.2) is 0 Å². The van der Waals surface area contributed by atoms with E-state index < -0.39 is 4.92 Å². The first kappa shape index (κ1) is 12.9. The van der Waals surface area contributed by atoms with Crippen LogP contribution in [0.2, 0.25) is 0 Å². The van der Waals surface area contributed by atoms with Gasteiger partial charge in [-0.2, -0.15) is 0 Å². The zero-order chi connectivity index (χ0) is 13.1. The molecule has 1 aromatic heterocycles. The number of nitro groups is 1. The summed E-state index contributed by atoms with van der Waals surface area (Å²) in [6.45, 7) is 1.24. The number of piperidine rings is 1. The summed E-state index contributed by atoms with van der Waals surface area (Å²) in [5.41, 5.74) is 0.484. The van der Waals surface area contributed by atoms with E-state index >= 15 is 0 Å². The highest BCUT2D eigenvalue weighted by Gasteiger charge is 2.27. The molecule has 2 heterocycles. The number of carbonyl (C=O) groups is 1. The lowest BCUT2D eigenvalue weighted by molar-refractivity contribution is -0.384. The van der Waals surface area contributed by atoms with E-state index in [1.165, 1.54) is 12.4 Å². The van der Waals surface area contributed by atoms with Crippen molar-refractivity contribution in [2.75, 3.05) is 18.0 Å². The molecule has 2 rings (SSSR count). The predicted molar refractivity (Wildman–Crippen MR) is 69.6 cm³/mol. The lowest BCUT2D eigenvalue weighted by Crippen LogP contribution is -2.36. The van der Waals surface area contributed by atoms with Crippen LogP contribution in [0.15, 0.2) is 16.9 Å². The van der Waals surface area contributed by atoms with Gasteiger partial charge in [-0.3, -0.25) is 15.1 Å². The van der Waals surface area contributed by atoms with Gasteiger partial charge in [-0.1, -0.05) is 0 Å². The Labute approximate surface area is 112 Å². The van der Waals surface area contributed by atoms with Crippen LogP contribution in [0.4, 0.5) is 11.4 Å². The van der Waals surface area contributed by atoms with Crippen LogP contribution in [0.3, 0.4) is 0 Å². The number of rotatable bonds is 3. The number of hydrogen-bond acceptors (Lipinski definition) is 5. The Kier molecular flexibility index (Phi) is 3.90. The van der Waals surface area contributed by atoms with Crippen LogP contribution >= 0.6 is 15.9 Å². The molecule has 1 aliphatic rings. The lowest BCUT2D eigenvalue weighted by Gasteiger charge is -2.32. The molecule has 1 saturated heterocycles. The summed E-state index contributed by atoms with van der Waals surface area (Å²) in [5, 5.41) is 11.0. The third-order valence-electron chi connectivity index (χ3n) is 3.02. The van der Waals surface area contributed by atoms with Crippen molar-refractivity contribution in [3.8, 4) is 0 Å². The Morgan fingerprint density at radius 3 is 3.00 bits per heavy atom. The van der Waals surface area contributed by atoms with Crippen molar-refractivity contribution < 1.29 is 9.72 Å². The number of anilines is 1. The molecule has 0 aliphatic carbocycles. The molecule has 0 aromatic carbocycles. The fourth-order valence-corrected chi connectivity index (χ4v) is 2.76. The number of pyridine rings is 1. The summed E-state index contributed by atoms with van der Waals surface area (Å²) < 4.78 is 0.586. The molecule has 1 atom stereocenters. The van der Waals surface area contributed by atoms with E-state index in [9.17, 15) is 14.9 Å². The number of halogens is 1. The van der Waals surface area contributed by atoms with Crippen LogP contribution in [0.5, 0.6) is 0 Å². The van der Waals surface area contributed by atoms with Crippen molar-refractivity contribution in [1.82, 2.24) is 4.98 Å². The minimum Gasteiger partial charge on any atom is -0.364 e. The summed E-state index contributed by atoms with van der Waals surface area (Å²) in [6, 6.07) is 0. The number of carbonyl (C=O) groups excluding carboxylic acids is 1. The summed E-state index contributed by atoms with van der Waals surface area (Å²) in [5.74, 6) is -0.0570. The second-order valence-corrected chi connectivity index (χ2v) is 5.08. The van der Waals surface area contributed by atoms with Crippen LogP contribution in [-0.2, 0) is 4.79 Å². The molecule has 96 valence electrons. The van der Waals surface area contributed by atoms with E-state index in [4.69, 9.17) is 0 Å². The third-order valence-corrected chi connectivity index (χ3v) is 3.60. The highest BCUT2D eigenvalue weighted by molar-refractivity contribution is 9.10. The highest BCUT2D eigenvalue weighted by Crippen LogP contribution is 2.36. The maximum absolute atomic E-state index is 11.0. The van der Waals surface area contributed by atoms with Gasteiger partial charge < -0.3 is 9.69 Å². The zero-order valence-corrected chi connectivity index (χ0v) is 11.2. The van der Waals surface area contributed by atoms with Crippen LogP contribution in [0, 0.1) is 16.0 Å². The van der Waals surface area contributed by atoms with E-state index in [0.717, 1.165) is 19.1 Å². The molecular formula is C11H12BrN3O3. The molecule has 0 saturated carbocycles. The van der Waals surface area contributed by atoms with E-state index in [2.05, 4.69) is 20.9 Å². The van der Waals surface area contributed by atoms with Crippen molar-refractivity contribution in [3.05, 3.63) is 27.0 Å². The molecular weight excluding hydrogens is 302 g/mol. The van der Waals surface area contributed by atoms with E-state index in [0.29, 0.717) is 23.2 Å². The van der Waals surface area contributed by atoms with Crippen molar-refractivity contribution in [2.24, 2.45) is 5.92 Å². The molecule has 0 radical (unpaired) electrons. The Bertz CT molecular complexity index is 481. The summed E-state index contributed by atoms with van der Waals surface area (Å²) in [7, 11) is 0. The van der Waals surface area contributed by atoms with Gasteiger partial charge in [0.05, 0.1) is 9.40 Å². The minimum atomic E-state index is -0.447. The van der Waals surface area contributed by atoms with Crippen LogP contribution in [0.25, 0.3) is 0 Å². The number of hydrogen-bond donors (Lipinski definition) is 0. The number of aromatic nitrogens is 1. The van der Waals surface area contributed by atoms with Crippen LogP contribution in [0.1, 0.15) is 12.8 Å². The maximum atomic E-state index is 11.0. The molecule has 0 spiro atoms. The first-order valence-electron chi connectivity index (χ1n) is 5.61. The summed E-state index contributed by atoms with van der Waals surface area (Å²) >= 11 is 3.30. The Balaban J connectivity index is 2.37. The molecule has 18 heavy (non-hydrogen) atoms. The SMILES string of the molecule is O=CC1CCCN(c2c(Br)cncc2[N+](=O)[O-])C1. The van der Waals surface area contributed by atoms with Gasteiger partial charge in [-0.25, -0.2) is 0 Å². The standard InChI is InChI=1S/C11H12BrN3O3/c12-9-4-13-5-10(15(17)18)11(9)14-3-1-2-8(6-14)7-16/h4-5,7-8H,1-3,6H2. The third kappa shape index (κ3) is 2.50. The van der Waals surface area contributed by atoms with Gasteiger partial charge in [-0.15, -0.1) is 0 Å². The van der Waals surface area contributed by atoms with E-state index in [1.54, 1.807) is 0 Å². The second-order valence-electron chi connectivity index (χ2n) is 4.23. The smallest absolute Gasteiger partial charge is 0.311 e. The summed E-state index contributed by atoms with van der Waals surface area (Å²) in [6.07, 6.45) is 5.40. The topological polar surface area (TPSA) is 76.3 Å². The van der Waals surface area contributed by atoms with Crippen LogP contribution in [-0.4, -0.2) is 29.3 Å². The van der Waals surface area contributed by atoms with Gasteiger partial charge in [0.1, 0.15) is 18.2 Å². The monoisotopic (exact) mass is 313 g/mol. The summed E-state index contributed by atoms with van der Waals surface area (Å²) in [4.78, 5) is 27.1. The predicted octanol–water partition coefficient (Wildman–Crippen LogP) is 2.17. The molecule has 6 nitrogen and oxygen atoms in total. The molecule has 0 bridgehead atoms. The number of aldehydes is 1. The molecule has 1 unspecified atom stereocenters. The molecule has 1 aliphatic heterocycles. The molecule has 0 amide bonds. The van der Waals surface area contributed by atoms with Crippen molar-refractivity contribution in [1.29, 1.82) is 0 Å². The average Bonchev–Trinajstić information content (AvgIpc) is 2.38. The van der Waals surface area contributed by atoms with Gasteiger partial charge in [-0.05, 0) is 28.8 Å². The molecule has 1 fully saturated rings.